The highest BCUT2D eigenvalue weighted by Crippen LogP contribution is 2.26. The summed E-state index contributed by atoms with van der Waals surface area (Å²) in [5, 5.41) is 2.39. The van der Waals surface area contributed by atoms with E-state index < -0.39 is 17.5 Å². The Labute approximate surface area is 163 Å². The maximum atomic E-state index is 14.2. The van der Waals surface area contributed by atoms with Crippen LogP contribution in [0.5, 0.6) is 11.5 Å². The van der Waals surface area contributed by atoms with E-state index >= 15 is 0 Å². The molecule has 8 heteroatoms. The first-order chi connectivity index (χ1) is 12.9. The summed E-state index contributed by atoms with van der Waals surface area (Å²) in [6, 6.07) is 9.69. The van der Waals surface area contributed by atoms with Gasteiger partial charge in [-0.3, -0.25) is 9.78 Å². The molecule has 0 unspecified atom stereocenters. The van der Waals surface area contributed by atoms with Crippen LogP contribution in [0.4, 0.5) is 8.78 Å². The van der Waals surface area contributed by atoms with Gasteiger partial charge < -0.3 is 10.1 Å². The van der Waals surface area contributed by atoms with Gasteiger partial charge in [-0.1, -0.05) is 29.3 Å². The molecule has 0 saturated heterocycles. The van der Waals surface area contributed by atoms with Gasteiger partial charge in [-0.2, -0.15) is 0 Å². The van der Waals surface area contributed by atoms with Crippen LogP contribution in [0, 0.1) is 11.6 Å². The van der Waals surface area contributed by atoms with Gasteiger partial charge in [-0.15, -0.1) is 0 Å². The van der Waals surface area contributed by atoms with Crippen molar-refractivity contribution >= 4 is 29.1 Å². The summed E-state index contributed by atoms with van der Waals surface area (Å²) >= 11 is 11.5. The van der Waals surface area contributed by atoms with Gasteiger partial charge in [-0.25, -0.2) is 8.78 Å². The first-order valence-electron chi connectivity index (χ1n) is 7.73. The molecule has 4 nitrogen and oxygen atoms in total. The lowest BCUT2D eigenvalue weighted by Gasteiger charge is -2.10. The van der Waals surface area contributed by atoms with Crippen molar-refractivity contribution in [3.05, 3.63) is 87.7 Å². The van der Waals surface area contributed by atoms with E-state index in [0.717, 1.165) is 12.1 Å². The lowest BCUT2D eigenvalue weighted by atomic mass is 10.1. The maximum absolute atomic E-state index is 14.2. The summed E-state index contributed by atoms with van der Waals surface area (Å²) in [6.45, 7) is 0.0174. The Hall–Kier alpha value is -2.70. The van der Waals surface area contributed by atoms with E-state index in [1.165, 1.54) is 18.3 Å². The third-order valence-electron chi connectivity index (χ3n) is 3.57. The molecule has 0 bridgehead atoms. The van der Waals surface area contributed by atoms with Gasteiger partial charge in [0.1, 0.15) is 11.6 Å². The number of pyridine rings is 1. The van der Waals surface area contributed by atoms with Crippen LogP contribution < -0.4 is 10.1 Å². The number of hydrogen-bond donors (Lipinski definition) is 1. The number of nitrogens with one attached hydrogen (secondary N) is 1. The quantitative estimate of drug-likeness (QED) is 0.575. The Bertz CT molecular complexity index is 985. The third-order valence-corrected chi connectivity index (χ3v) is 4.17. The van der Waals surface area contributed by atoms with Crippen LogP contribution in [0.25, 0.3) is 0 Å². The van der Waals surface area contributed by atoms with Gasteiger partial charge in [0.25, 0.3) is 5.91 Å². The summed E-state index contributed by atoms with van der Waals surface area (Å²) in [4.78, 5) is 16.0. The van der Waals surface area contributed by atoms with Crippen LogP contribution in [0.15, 0.2) is 54.9 Å². The van der Waals surface area contributed by atoms with E-state index in [1.807, 2.05) is 0 Å². The maximum Gasteiger partial charge on any atom is 0.253 e. The monoisotopic (exact) mass is 408 g/mol. The van der Waals surface area contributed by atoms with Gasteiger partial charge in [-0.05, 0) is 42.0 Å². The number of hydrogen-bond acceptors (Lipinski definition) is 3. The highest BCUT2D eigenvalue weighted by Gasteiger charge is 2.14. The molecule has 1 amide bonds. The molecule has 2 aromatic carbocycles. The van der Waals surface area contributed by atoms with Crippen molar-refractivity contribution in [2.45, 2.75) is 6.54 Å². The number of nitrogens with zero attached hydrogens (tertiary/aromatic N) is 1. The normalized spacial score (nSPS) is 10.5. The molecule has 138 valence electrons. The van der Waals surface area contributed by atoms with E-state index in [9.17, 15) is 13.6 Å². The minimum atomic E-state index is -0.755. The van der Waals surface area contributed by atoms with Gasteiger partial charge in [0.15, 0.2) is 11.6 Å². The molecule has 0 radical (unpaired) electrons. The standard InChI is InChI=1S/C19H12Cl2F2N2O2/c20-14-8-15(21)16(22)7-13(14)19(26)25-9-11-3-4-18(17(23)6-11)27-12-2-1-5-24-10-12/h1-8,10H,9H2,(H,25,26). The molecule has 0 aliphatic heterocycles. The van der Waals surface area contributed by atoms with Crippen LogP contribution in [-0.4, -0.2) is 10.9 Å². The molecule has 0 atom stereocenters. The molecule has 3 rings (SSSR count). The van der Waals surface area contributed by atoms with Crippen LogP contribution >= 0.6 is 23.2 Å². The van der Waals surface area contributed by atoms with Gasteiger partial charge >= 0.3 is 0 Å². The van der Waals surface area contributed by atoms with Crippen molar-refractivity contribution in [1.82, 2.24) is 10.3 Å². The number of amides is 1. The van der Waals surface area contributed by atoms with Crippen LogP contribution in [-0.2, 0) is 6.54 Å². The van der Waals surface area contributed by atoms with E-state index in [2.05, 4.69) is 10.3 Å². The second-order valence-electron chi connectivity index (χ2n) is 5.48. The smallest absolute Gasteiger partial charge is 0.253 e. The molecule has 1 N–H and O–H groups in total. The van der Waals surface area contributed by atoms with Crippen LogP contribution in [0.3, 0.4) is 0 Å². The average Bonchev–Trinajstić information content (AvgIpc) is 2.65. The average molecular weight is 409 g/mol. The molecule has 1 heterocycles. The predicted molar refractivity (Wildman–Crippen MR) is 98.3 cm³/mol. The number of carbonyl (C=O) groups is 1. The third kappa shape index (κ3) is 4.72. The number of carbonyl (C=O) groups excluding carboxylic acids is 1. The Morgan fingerprint density at radius 2 is 1.89 bits per heavy atom. The summed E-state index contributed by atoms with van der Waals surface area (Å²) in [5.41, 5.74) is 0.431. The first-order valence-corrected chi connectivity index (χ1v) is 8.48. The molecule has 0 saturated carbocycles. The largest absolute Gasteiger partial charge is 0.453 e. The molecule has 0 spiro atoms. The fourth-order valence-corrected chi connectivity index (χ4v) is 2.71. The highest BCUT2D eigenvalue weighted by molar-refractivity contribution is 6.36. The summed E-state index contributed by atoms with van der Waals surface area (Å²) in [6.07, 6.45) is 3.04. The van der Waals surface area contributed by atoms with Gasteiger partial charge in [0.2, 0.25) is 0 Å². The van der Waals surface area contributed by atoms with E-state index in [1.54, 1.807) is 24.4 Å². The second kappa shape index (κ2) is 8.33. The second-order valence-corrected chi connectivity index (χ2v) is 6.30. The fraction of sp³-hybridized carbons (Fsp3) is 0.0526. The first kappa shape index (κ1) is 19.1. The molecule has 0 aliphatic carbocycles. The zero-order valence-corrected chi connectivity index (χ0v) is 15.2. The lowest BCUT2D eigenvalue weighted by molar-refractivity contribution is 0.0950. The van der Waals surface area contributed by atoms with Crippen molar-refractivity contribution < 1.29 is 18.3 Å². The van der Waals surface area contributed by atoms with Crippen molar-refractivity contribution in [2.24, 2.45) is 0 Å². The molecule has 27 heavy (non-hydrogen) atoms. The Balaban J connectivity index is 1.67. The summed E-state index contributed by atoms with van der Waals surface area (Å²) in [7, 11) is 0. The molecule has 3 aromatic rings. The Kier molecular flexibility index (Phi) is 5.88. The zero-order chi connectivity index (χ0) is 19.4. The molecule has 0 fully saturated rings. The van der Waals surface area contributed by atoms with Crippen molar-refractivity contribution in [2.75, 3.05) is 0 Å². The lowest BCUT2D eigenvalue weighted by Crippen LogP contribution is -2.23. The number of benzene rings is 2. The minimum absolute atomic E-state index is 0.0174. The van der Waals surface area contributed by atoms with Crippen molar-refractivity contribution in [3.63, 3.8) is 0 Å². The van der Waals surface area contributed by atoms with Gasteiger partial charge in [0, 0.05) is 12.7 Å². The number of aromatic nitrogens is 1. The van der Waals surface area contributed by atoms with Crippen LogP contribution in [0.2, 0.25) is 10.0 Å². The predicted octanol–water partition coefficient (Wildman–Crippen LogP) is 5.39. The Morgan fingerprint density at radius 1 is 1.07 bits per heavy atom. The highest BCUT2D eigenvalue weighted by atomic mass is 35.5. The van der Waals surface area contributed by atoms with E-state index in [0.29, 0.717) is 11.3 Å². The summed E-state index contributed by atoms with van der Waals surface area (Å²) in [5.74, 6) is -1.53. The molecular formula is C19H12Cl2F2N2O2. The fourth-order valence-electron chi connectivity index (χ4n) is 2.25. The Morgan fingerprint density at radius 3 is 2.59 bits per heavy atom. The SMILES string of the molecule is O=C(NCc1ccc(Oc2cccnc2)c(F)c1)c1cc(F)c(Cl)cc1Cl. The van der Waals surface area contributed by atoms with Crippen LogP contribution in [0.1, 0.15) is 15.9 Å². The summed E-state index contributed by atoms with van der Waals surface area (Å²) < 4.78 is 33.1. The molecular weight excluding hydrogens is 397 g/mol. The number of rotatable bonds is 5. The minimum Gasteiger partial charge on any atom is -0.453 e. The zero-order valence-electron chi connectivity index (χ0n) is 13.7. The van der Waals surface area contributed by atoms with Crippen molar-refractivity contribution in [3.8, 4) is 11.5 Å². The van der Waals surface area contributed by atoms with E-state index in [4.69, 9.17) is 27.9 Å². The van der Waals surface area contributed by atoms with Crippen molar-refractivity contribution in [1.29, 1.82) is 0 Å². The molecule has 1 aromatic heterocycles. The van der Waals surface area contributed by atoms with E-state index in [-0.39, 0.29) is 27.9 Å². The molecule has 0 aliphatic rings. The number of ether oxygens (including phenoxy) is 1. The number of halogens is 4. The topological polar surface area (TPSA) is 51.2 Å². The van der Waals surface area contributed by atoms with Gasteiger partial charge in [0.05, 0.1) is 21.8 Å².